The molecule has 2 N–H and O–H groups in total. The van der Waals surface area contributed by atoms with Gasteiger partial charge >= 0.3 is 0 Å². The van der Waals surface area contributed by atoms with Gasteiger partial charge in [-0.25, -0.2) is 0 Å². The quantitative estimate of drug-likeness (QED) is 0.304. The van der Waals surface area contributed by atoms with Crippen LogP contribution < -0.4 is 0 Å². The van der Waals surface area contributed by atoms with Gasteiger partial charge in [-0.15, -0.1) is 4.91 Å². The normalized spacial score (nSPS) is 16.0. The summed E-state index contributed by atoms with van der Waals surface area (Å²) < 4.78 is 0. The number of hydrogen-bond acceptors (Lipinski definition) is 4. The molecule has 1 atom stereocenters. The largest absolute Gasteiger partial charge is 0.508 e. The van der Waals surface area contributed by atoms with E-state index in [2.05, 4.69) is 11.8 Å². The summed E-state index contributed by atoms with van der Waals surface area (Å²) in [5.74, 6) is 0.514. The van der Waals surface area contributed by atoms with Gasteiger partial charge in [0.05, 0.1) is 0 Å². The lowest BCUT2D eigenvalue weighted by Gasteiger charge is -2.24. The number of phenols is 2. The number of nitroso groups, excluding NO2 is 1. The van der Waals surface area contributed by atoms with E-state index in [-0.39, 0.29) is 17.4 Å². The molecule has 1 unspecified atom stereocenters. The minimum atomic E-state index is 0.0438. The Labute approximate surface area is 198 Å². The van der Waals surface area contributed by atoms with Gasteiger partial charge in [0, 0.05) is 17.5 Å². The molecule has 168 valence electrons. The number of aromatic hydroxyl groups is 2. The number of hydrogen-bond donors (Lipinski definition) is 2. The van der Waals surface area contributed by atoms with Crippen LogP contribution in [0.2, 0.25) is 0 Å². The summed E-state index contributed by atoms with van der Waals surface area (Å²) in [6.45, 7) is 3.90. The van der Waals surface area contributed by atoms with Gasteiger partial charge in [0.2, 0.25) is 0 Å². The fourth-order valence-electron chi connectivity index (χ4n) is 5.10. The summed E-state index contributed by atoms with van der Waals surface area (Å²) in [7, 11) is 0. The number of nitrogens with zero attached hydrogens (tertiary/aromatic N) is 1. The molecule has 0 aromatic heterocycles. The zero-order valence-electron chi connectivity index (χ0n) is 18.7. The van der Waals surface area contributed by atoms with Crippen LogP contribution >= 0.6 is 0 Å². The smallest absolute Gasteiger partial charge is 0.119 e. The minimum Gasteiger partial charge on any atom is -0.508 e. The zero-order valence-corrected chi connectivity index (χ0v) is 18.7. The summed E-state index contributed by atoms with van der Waals surface area (Å²) >= 11 is 0. The lowest BCUT2D eigenvalue weighted by atomic mass is 9.81. The van der Waals surface area contributed by atoms with Crippen LogP contribution in [-0.2, 0) is 12.8 Å². The first-order valence-electron chi connectivity index (χ1n) is 11.4. The molecule has 4 aromatic rings. The average molecular weight is 448 g/mol. The van der Waals surface area contributed by atoms with E-state index in [1.165, 1.54) is 0 Å². The Hall–Kier alpha value is -4.18. The molecule has 0 saturated heterocycles. The number of rotatable bonds is 6. The molecule has 0 spiro atoms. The number of allylic oxidation sites excluding steroid dienone is 3. The first-order chi connectivity index (χ1) is 16.6. The van der Waals surface area contributed by atoms with Gasteiger partial charge in [-0.05, 0) is 68.8 Å². The molecule has 1 aliphatic carbocycles. The topological polar surface area (TPSA) is 69.9 Å². The molecule has 0 saturated carbocycles. The Morgan fingerprint density at radius 2 is 1.44 bits per heavy atom. The molecule has 1 aliphatic rings. The van der Waals surface area contributed by atoms with Gasteiger partial charge in [0.15, 0.2) is 0 Å². The molecule has 0 aliphatic heterocycles. The van der Waals surface area contributed by atoms with Crippen LogP contribution in [0.5, 0.6) is 11.5 Å². The Morgan fingerprint density at radius 1 is 0.853 bits per heavy atom. The molecule has 0 amide bonds. The van der Waals surface area contributed by atoms with Crippen molar-refractivity contribution in [1.82, 2.24) is 0 Å². The van der Waals surface area contributed by atoms with Crippen molar-refractivity contribution in [2.24, 2.45) is 11.1 Å². The van der Waals surface area contributed by atoms with Crippen LogP contribution in [0.4, 0.5) is 0 Å². The van der Waals surface area contributed by atoms with Crippen LogP contribution in [0.25, 0.3) is 21.5 Å². The van der Waals surface area contributed by atoms with Crippen molar-refractivity contribution in [2.45, 2.75) is 19.3 Å². The second-order valence-electron chi connectivity index (χ2n) is 8.78. The summed E-state index contributed by atoms with van der Waals surface area (Å²) in [4.78, 5) is 11.9. The van der Waals surface area contributed by atoms with Gasteiger partial charge in [-0.2, -0.15) is 0 Å². The predicted octanol–water partition coefficient (Wildman–Crippen LogP) is 7.34. The third kappa shape index (κ3) is 3.88. The van der Waals surface area contributed by atoms with Crippen LogP contribution in [0.3, 0.4) is 0 Å². The molecule has 5 rings (SSSR count). The van der Waals surface area contributed by atoms with Crippen molar-refractivity contribution >= 4 is 21.5 Å². The highest BCUT2D eigenvalue weighted by Crippen LogP contribution is 2.39. The Balaban J connectivity index is 1.55. The Bertz CT molecular complexity index is 1500. The number of benzene rings is 4. The summed E-state index contributed by atoms with van der Waals surface area (Å²) in [5.41, 5.74) is 3.62. The highest BCUT2D eigenvalue weighted by molar-refractivity contribution is 5.88. The van der Waals surface area contributed by atoms with Crippen LogP contribution in [-0.4, -0.2) is 10.2 Å². The van der Waals surface area contributed by atoms with Crippen molar-refractivity contribution in [3.63, 3.8) is 0 Å². The van der Waals surface area contributed by atoms with E-state index < -0.39 is 0 Å². The number of phenolic OH excluding ortho intramolecular Hbond substituents is 2. The third-order valence-corrected chi connectivity index (χ3v) is 6.73. The number of fused-ring (bicyclic) bond motifs is 2. The van der Waals surface area contributed by atoms with Gasteiger partial charge in [0.1, 0.15) is 17.2 Å². The van der Waals surface area contributed by atoms with E-state index in [1.54, 1.807) is 18.2 Å². The SMILES string of the molecule is C=CC1=CC(Cc2c(O)ccc3ccccc23)CC(Cc2c(O)ccc3ccccc23)=C1N=O. The molecular formula is C30H25NO3. The monoisotopic (exact) mass is 447 g/mol. The molecule has 4 nitrogen and oxygen atoms in total. The van der Waals surface area contributed by atoms with Crippen LogP contribution in [0, 0.1) is 10.8 Å². The van der Waals surface area contributed by atoms with Crippen LogP contribution in [0.15, 0.2) is 114 Å². The highest BCUT2D eigenvalue weighted by Gasteiger charge is 2.25. The average Bonchev–Trinajstić information content (AvgIpc) is 2.87. The Morgan fingerprint density at radius 3 is 2.06 bits per heavy atom. The van der Waals surface area contributed by atoms with Crippen molar-refractivity contribution in [1.29, 1.82) is 0 Å². The maximum Gasteiger partial charge on any atom is 0.119 e. The minimum absolute atomic E-state index is 0.0438. The van der Waals surface area contributed by atoms with Crippen molar-refractivity contribution in [3.05, 3.63) is 124 Å². The second kappa shape index (κ2) is 8.99. The van der Waals surface area contributed by atoms with E-state index in [1.807, 2.05) is 66.7 Å². The summed E-state index contributed by atoms with van der Waals surface area (Å²) in [5, 5.41) is 28.8. The third-order valence-electron chi connectivity index (χ3n) is 6.73. The van der Waals surface area contributed by atoms with Crippen molar-refractivity contribution in [3.8, 4) is 11.5 Å². The standard InChI is InChI=1S/C30H25NO3/c1-2-20-15-19(17-26-24-9-5-3-7-21(24)11-13-28(26)32)16-23(30(20)31-34)18-27-25-10-6-4-8-22(25)12-14-29(27)33/h2-15,19,32-33H,1,16-18H2. The predicted molar refractivity (Wildman–Crippen MR) is 138 cm³/mol. The molecule has 0 radical (unpaired) electrons. The van der Waals surface area contributed by atoms with E-state index in [4.69, 9.17) is 0 Å². The second-order valence-corrected chi connectivity index (χ2v) is 8.78. The van der Waals surface area contributed by atoms with Crippen LogP contribution in [0.1, 0.15) is 17.5 Å². The lowest BCUT2D eigenvalue weighted by Crippen LogP contribution is -2.13. The van der Waals surface area contributed by atoms with Gasteiger partial charge < -0.3 is 10.2 Å². The highest BCUT2D eigenvalue weighted by atomic mass is 16.3. The fraction of sp³-hybridized carbons (Fsp3) is 0.133. The maximum absolute atomic E-state index is 11.9. The molecule has 4 heteroatoms. The van der Waals surface area contributed by atoms with E-state index in [0.29, 0.717) is 30.5 Å². The van der Waals surface area contributed by atoms with Crippen molar-refractivity contribution in [2.75, 3.05) is 0 Å². The lowest BCUT2D eigenvalue weighted by molar-refractivity contribution is 0.463. The summed E-state index contributed by atoms with van der Waals surface area (Å²) in [6.07, 6.45) is 5.31. The molecule has 4 aromatic carbocycles. The first kappa shape index (κ1) is 21.7. The maximum atomic E-state index is 11.9. The van der Waals surface area contributed by atoms with Gasteiger partial charge in [0.25, 0.3) is 0 Å². The van der Waals surface area contributed by atoms with Gasteiger partial charge in [-0.1, -0.05) is 79.4 Å². The summed E-state index contributed by atoms with van der Waals surface area (Å²) in [6, 6.07) is 23.2. The molecule has 34 heavy (non-hydrogen) atoms. The molecule has 0 bridgehead atoms. The van der Waals surface area contributed by atoms with Gasteiger partial charge in [-0.3, -0.25) is 0 Å². The van der Waals surface area contributed by atoms with Crippen molar-refractivity contribution < 1.29 is 10.2 Å². The molecule has 0 heterocycles. The molecule has 0 fully saturated rings. The zero-order chi connectivity index (χ0) is 23.7. The Kier molecular flexibility index (Phi) is 5.72. The fourth-order valence-corrected chi connectivity index (χ4v) is 5.10. The van der Waals surface area contributed by atoms with E-state index in [9.17, 15) is 15.1 Å². The first-order valence-corrected chi connectivity index (χ1v) is 11.4. The van der Waals surface area contributed by atoms with E-state index in [0.717, 1.165) is 38.2 Å². The molecular weight excluding hydrogens is 422 g/mol. The van der Waals surface area contributed by atoms with E-state index >= 15 is 0 Å².